The normalized spacial score (nSPS) is 25.5. The second-order valence-electron chi connectivity index (χ2n) is 5.80. The number of nitrogens with one attached hydrogen (secondary N) is 1. The van der Waals surface area contributed by atoms with Gasteiger partial charge in [0.1, 0.15) is 22.9 Å². The third kappa shape index (κ3) is 2.78. The summed E-state index contributed by atoms with van der Waals surface area (Å²) in [7, 11) is -3.42. The fourth-order valence-electron chi connectivity index (χ4n) is 2.80. The Morgan fingerprint density at radius 2 is 2.23 bits per heavy atom. The molecule has 9 heteroatoms. The highest BCUT2D eigenvalue weighted by molar-refractivity contribution is 7.90. The van der Waals surface area contributed by atoms with Crippen LogP contribution in [0.3, 0.4) is 0 Å². The zero-order valence-corrected chi connectivity index (χ0v) is 13.3. The Balaban J connectivity index is 1.90. The van der Waals surface area contributed by atoms with Crippen LogP contribution in [0.25, 0.3) is 0 Å². The van der Waals surface area contributed by atoms with E-state index in [-0.39, 0.29) is 17.4 Å². The average Bonchev–Trinajstić information content (AvgIpc) is 2.85. The molecule has 2 fully saturated rings. The number of rotatable bonds is 2. The summed E-state index contributed by atoms with van der Waals surface area (Å²) in [5.41, 5.74) is -0.471. The number of morpholine rings is 1. The molecule has 22 heavy (non-hydrogen) atoms. The van der Waals surface area contributed by atoms with Gasteiger partial charge in [0.25, 0.3) is 0 Å². The summed E-state index contributed by atoms with van der Waals surface area (Å²) in [4.78, 5) is 21.5. The van der Waals surface area contributed by atoms with E-state index in [0.29, 0.717) is 37.7 Å². The molecule has 0 aliphatic carbocycles. The first kappa shape index (κ1) is 15.2. The molecule has 0 saturated carbocycles. The van der Waals surface area contributed by atoms with E-state index in [0.717, 1.165) is 6.26 Å². The number of sulfone groups is 1. The first-order valence-corrected chi connectivity index (χ1v) is 8.88. The van der Waals surface area contributed by atoms with Gasteiger partial charge in [-0.15, -0.1) is 0 Å². The van der Waals surface area contributed by atoms with Crippen molar-refractivity contribution < 1.29 is 17.9 Å². The van der Waals surface area contributed by atoms with Gasteiger partial charge in [0.15, 0.2) is 15.7 Å². The lowest BCUT2D eigenvalue weighted by atomic mass is 10.0. The first-order valence-electron chi connectivity index (χ1n) is 6.98. The lowest BCUT2D eigenvalue weighted by molar-refractivity contribution is -0.141. The lowest BCUT2D eigenvalue weighted by Crippen LogP contribution is -2.54. The van der Waals surface area contributed by atoms with Crippen molar-refractivity contribution in [1.29, 1.82) is 0 Å². The second kappa shape index (κ2) is 5.17. The predicted octanol–water partition coefficient (Wildman–Crippen LogP) is -0.716. The maximum Gasteiger partial charge on any atom is 0.246 e. The first-order chi connectivity index (χ1) is 10.3. The Labute approximate surface area is 128 Å². The Morgan fingerprint density at radius 1 is 1.45 bits per heavy atom. The molecule has 2 aliphatic heterocycles. The molecule has 3 heterocycles. The number of ether oxygens (including phenoxy) is 1. The van der Waals surface area contributed by atoms with Gasteiger partial charge in [-0.05, 0) is 13.3 Å². The molecule has 1 atom stereocenters. The molecule has 2 aliphatic rings. The van der Waals surface area contributed by atoms with Crippen LogP contribution in [0.4, 0.5) is 5.82 Å². The summed E-state index contributed by atoms with van der Waals surface area (Å²) >= 11 is 0. The maximum absolute atomic E-state index is 11.9. The smallest absolute Gasteiger partial charge is 0.246 e. The molecule has 0 bridgehead atoms. The van der Waals surface area contributed by atoms with Gasteiger partial charge in [-0.25, -0.2) is 18.4 Å². The molecule has 3 rings (SSSR count). The summed E-state index contributed by atoms with van der Waals surface area (Å²) in [6.07, 6.45) is 3.20. The average molecular weight is 326 g/mol. The van der Waals surface area contributed by atoms with Crippen molar-refractivity contribution in [1.82, 2.24) is 15.3 Å². The van der Waals surface area contributed by atoms with E-state index in [1.807, 2.05) is 4.90 Å². The zero-order chi connectivity index (χ0) is 16.0. The van der Waals surface area contributed by atoms with Crippen LogP contribution in [0.5, 0.6) is 0 Å². The van der Waals surface area contributed by atoms with Crippen LogP contribution in [-0.2, 0) is 19.4 Å². The Kier molecular flexibility index (Phi) is 3.56. The van der Waals surface area contributed by atoms with Gasteiger partial charge in [-0.1, -0.05) is 0 Å². The monoisotopic (exact) mass is 326 g/mol. The molecule has 8 nitrogen and oxygen atoms in total. The van der Waals surface area contributed by atoms with E-state index < -0.39 is 15.4 Å². The molecule has 0 aromatic carbocycles. The SMILES string of the molecule is Cc1ncc(S(C)(=O)=O)c(N2CCC3(CNC(=O)CO3)C2)n1. The number of hydrogen-bond donors (Lipinski definition) is 1. The van der Waals surface area contributed by atoms with Crippen molar-refractivity contribution in [3.05, 3.63) is 12.0 Å². The molecule has 1 aromatic rings. The molecule has 2 saturated heterocycles. The molecular formula is C13H18N4O4S. The minimum Gasteiger partial charge on any atom is -0.361 e. The molecule has 1 spiro atoms. The van der Waals surface area contributed by atoms with Gasteiger partial charge in [-0.3, -0.25) is 4.79 Å². The van der Waals surface area contributed by atoms with Crippen molar-refractivity contribution in [2.45, 2.75) is 23.8 Å². The number of aryl methyl sites for hydroxylation is 1. The lowest BCUT2D eigenvalue weighted by Gasteiger charge is -2.33. The van der Waals surface area contributed by atoms with E-state index in [1.165, 1.54) is 6.20 Å². The number of carbonyl (C=O) groups is 1. The van der Waals surface area contributed by atoms with E-state index in [9.17, 15) is 13.2 Å². The molecule has 1 amide bonds. The van der Waals surface area contributed by atoms with Crippen LogP contribution in [-0.4, -0.2) is 62.4 Å². The van der Waals surface area contributed by atoms with Crippen molar-refractivity contribution >= 4 is 21.6 Å². The molecule has 1 aromatic heterocycles. The zero-order valence-electron chi connectivity index (χ0n) is 12.5. The van der Waals surface area contributed by atoms with Crippen molar-refractivity contribution in [3.8, 4) is 0 Å². The highest BCUT2D eigenvalue weighted by atomic mass is 32.2. The number of anilines is 1. The van der Waals surface area contributed by atoms with Crippen molar-refractivity contribution in [2.24, 2.45) is 0 Å². The maximum atomic E-state index is 11.9. The fourth-order valence-corrected chi connectivity index (χ4v) is 3.55. The highest BCUT2D eigenvalue weighted by Gasteiger charge is 2.43. The van der Waals surface area contributed by atoms with Gasteiger partial charge in [-0.2, -0.15) is 0 Å². The number of nitrogens with zero attached hydrogens (tertiary/aromatic N) is 3. The van der Waals surface area contributed by atoms with E-state index in [1.54, 1.807) is 6.92 Å². The Bertz CT molecular complexity index is 709. The number of carbonyl (C=O) groups excluding carboxylic acids is 1. The Morgan fingerprint density at radius 3 is 2.86 bits per heavy atom. The summed E-state index contributed by atoms with van der Waals surface area (Å²) in [5, 5.41) is 2.80. The van der Waals surface area contributed by atoms with E-state index in [4.69, 9.17) is 4.74 Å². The molecule has 120 valence electrons. The summed E-state index contributed by atoms with van der Waals surface area (Å²) in [6, 6.07) is 0. The van der Waals surface area contributed by atoms with E-state index in [2.05, 4.69) is 15.3 Å². The van der Waals surface area contributed by atoms with Crippen molar-refractivity contribution in [3.63, 3.8) is 0 Å². The summed E-state index contributed by atoms with van der Waals surface area (Å²) in [6.45, 7) is 3.30. The minimum absolute atomic E-state index is 0.0373. The van der Waals surface area contributed by atoms with Crippen molar-refractivity contribution in [2.75, 3.05) is 37.4 Å². The molecule has 0 radical (unpaired) electrons. The number of amides is 1. The number of hydrogen-bond acceptors (Lipinski definition) is 7. The van der Waals surface area contributed by atoms with Crippen LogP contribution in [0.2, 0.25) is 0 Å². The Hall–Kier alpha value is -1.74. The van der Waals surface area contributed by atoms with Crippen LogP contribution < -0.4 is 10.2 Å². The van der Waals surface area contributed by atoms with Gasteiger partial charge in [0.05, 0.1) is 12.7 Å². The van der Waals surface area contributed by atoms with Gasteiger partial charge in [0, 0.05) is 19.3 Å². The third-order valence-corrected chi connectivity index (χ3v) is 5.08. The van der Waals surface area contributed by atoms with Crippen LogP contribution in [0.1, 0.15) is 12.2 Å². The molecular weight excluding hydrogens is 308 g/mol. The quantitative estimate of drug-likeness (QED) is 0.765. The minimum atomic E-state index is -3.42. The standard InChI is InChI=1S/C13H18N4O4S/c1-9-14-5-10(22(2,19)20)12(16-9)17-4-3-13(8-17)7-15-11(18)6-21-13/h5H,3-4,6-8H2,1-2H3,(H,15,18). The molecule has 1 unspecified atom stereocenters. The highest BCUT2D eigenvalue weighted by Crippen LogP contribution is 2.32. The fraction of sp³-hybridized carbons (Fsp3) is 0.615. The topological polar surface area (TPSA) is 101 Å². The van der Waals surface area contributed by atoms with E-state index >= 15 is 0 Å². The van der Waals surface area contributed by atoms with Crippen LogP contribution in [0.15, 0.2) is 11.1 Å². The number of aromatic nitrogens is 2. The van der Waals surface area contributed by atoms with Crippen LogP contribution in [0, 0.1) is 6.92 Å². The van der Waals surface area contributed by atoms with Gasteiger partial charge >= 0.3 is 0 Å². The predicted molar refractivity (Wildman–Crippen MR) is 78.4 cm³/mol. The molecule has 1 N–H and O–H groups in total. The summed E-state index contributed by atoms with van der Waals surface area (Å²) < 4.78 is 29.6. The van der Waals surface area contributed by atoms with Gasteiger partial charge in [0.2, 0.25) is 5.91 Å². The third-order valence-electron chi connectivity index (χ3n) is 3.99. The largest absolute Gasteiger partial charge is 0.361 e. The van der Waals surface area contributed by atoms with Gasteiger partial charge < -0.3 is 15.0 Å². The second-order valence-corrected chi connectivity index (χ2v) is 7.78. The van der Waals surface area contributed by atoms with Crippen LogP contribution >= 0.6 is 0 Å². The summed E-state index contributed by atoms with van der Waals surface area (Å²) in [5.74, 6) is 0.798.